The Balaban J connectivity index is 2.32. The van der Waals surface area contributed by atoms with E-state index in [2.05, 4.69) is 15.5 Å². The largest absolute Gasteiger partial charge is 0.481 e. The van der Waals surface area contributed by atoms with Crippen LogP contribution in [0.5, 0.6) is 0 Å². The molecule has 0 atom stereocenters. The number of benzene rings is 1. The van der Waals surface area contributed by atoms with Gasteiger partial charge in [0, 0.05) is 37.6 Å². The molecule has 0 aromatic heterocycles. The number of amides is 1. The zero-order valence-electron chi connectivity index (χ0n) is 15.3. The Bertz CT molecular complexity index is 646. The summed E-state index contributed by atoms with van der Waals surface area (Å²) in [6.07, 6.45) is -0.635. The molecule has 1 aliphatic heterocycles. The van der Waals surface area contributed by atoms with Gasteiger partial charge >= 0.3 is 12.1 Å². The summed E-state index contributed by atoms with van der Waals surface area (Å²) in [5, 5.41) is 15.2. The van der Waals surface area contributed by atoms with Gasteiger partial charge in [-0.1, -0.05) is 0 Å². The van der Waals surface area contributed by atoms with Crippen LogP contribution in [0.4, 0.5) is 16.2 Å². The molecule has 0 saturated carbocycles. The average molecular weight is 349 g/mol. The van der Waals surface area contributed by atoms with E-state index >= 15 is 0 Å². The van der Waals surface area contributed by atoms with Crippen LogP contribution in [0.3, 0.4) is 0 Å². The minimum absolute atomic E-state index is 0.0885. The molecule has 0 bridgehead atoms. The third-order valence-electron chi connectivity index (χ3n) is 3.96. The summed E-state index contributed by atoms with van der Waals surface area (Å²) in [6, 6.07) is 3.78. The Labute approximate surface area is 148 Å². The smallest absolute Gasteiger partial charge is 0.412 e. The summed E-state index contributed by atoms with van der Waals surface area (Å²) >= 11 is 0. The first-order chi connectivity index (χ1) is 11.7. The number of carbonyl (C=O) groups is 2. The Kier molecular flexibility index (Phi) is 5.89. The number of hydrogen-bond donors (Lipinski definition) is 3. The highest BCUT2D eigenvalue weighted by Gasteiger charge is 2.20. The number of hydrogen-bond acceptors (Lipinski definition) is 5. The molecular weight excluding hydrogens is 322 g/mol. The third-order valence-corrected chi connectivity index (χ3v) is 3.96. The second kappa shape index (κ2) is 7.74. The summed E-state index contributed by atoms with van der Waals surface area (Å²) < 4.78 is 5.31. The van der Waals surface area contributed by atoms with Gasteiger partial charge in [-0.15, -0.1) is 0 Å². The topological polar surface area (TPSA) is 90.9 Å². The van der Waals surface area contributed by atoms with Gasteiger partial charge in [0.1, 0.15) is 5.60 Å². The summed E-state index contributed by atoms with van der Waals surface area (Å²) in [7, 11) is 0. The SMILES string of the molecule is Cc1c(CC(=O)O)cc(N2CCNCC2)cc1NC(=O)OC(C)(C)C. The molecule has 1 saturated heterocycles. The number of nitrogens with one attached hydrogen (secondary N) is 2. The van der Waals surface area contributed by atoms with Crippen LogP contribution in [0.1, 0.15) is 31.9 Å². The highest BCUT2D eigenvalue weighted by atomic mass is 16.6. The average Bonchev–Trinajstić information content (AvgIpc) is 2.49. The van der Waals surface area contributed by atoms with Gasteiger partial charge in [-0.25, -0.2) is 4.79 Å². The van der Waals surface area contributed by atoms with E-state index in [1.807, 2.05) is 19.1 Å². The summed E-state index contributed by atoms with van der Waals surface area (Å²) in [5.41, 5.74) is 2.33. The van der Waals surface area contributed by atoms with Crippen LogP contribution >= 0.6 is 0 Å². The van der Waals surface area contributed by atoms with Crippen LogP contribution in [-0.4, -0.2) is 48.9 Å². The number of nitrogens with zero attached hydrogens (tertiary/aromatic N) is 1. The van der Waals surface area contributed by atoms with Crippen molar-refractivity contribution in [1.29, 1.82) is 0 Å². The van der Waals surface area contributed by atoms with Gasteiger partial charge in [0.2, 0.25) is 0 Å². The van der Waals surface area contributed by atoms with Crippen LogP contribution in [0.2, 0.25) is 0 Å². The maximum absolute atomic E-state index is 12.1. The van der Waals surface area contributed by atoms with E-state index in [0.717, 1.165) is 37.4 Å². The summed E-state index contributed by atoms with van der Waals surface area (Å²) in [4.78, 5) is 25.5. The number of rotatable bonds is 4. The van der Waals surface area contributed by atoms with E-state index in [-0.39, 0.29) is 6.42 Å². The molecular formula is C18H27N3O4. The molecule has 0 radical (unpaired) electrons. The third kappa shape index (κ3) is 5.63. The van der Waals surface area contributed by atoms with Gasteiger partial charge in [0.25, 0.3) is 0 Å². The molecule has 0 unspecified atom stereocenters. The lowest BCUT2D eigenvalue weighted by Gasteiger charge is -2.30. The van der Waals surface area contributed by atoms with Crippen molar-refractivity contribution in [2.24, 2.45) is 0 Å². The van der Waals surface area contributed by atoms with Crippen molar-refractivity contribution in [3.8, 4) is 0 Å². The Morgan fingerprint density at radius 3 is 2.48 bits per heavy atom. The Hall–Kier alpha value is -2.28. The maximum atomic E-state index is 12.1. The number of piperazine rings is 1. The molecule has 7 nitrogen and oxygen atoms in total. The van der Waals surface area contributed by atoms with Crippen LogP contribution < -0.4 is 15.5 Å². The minimum Gasteiger partial charge on any atom is -0.481 e. The number of carboxylic acids is 1. The fraction of sp³-hybridized carbons (Fsp3) is 0.556. The van der Waals surface area contributed by atoms with Crippen molar-refractivity contribution >= 4 is 23.4 Å². The van der Waals surface area contributed by atoms with Crippen molar-refractivity contribution in [3.05, 3.63) is 23.3 Å². The summed E-state index contributed by atoms with van der Waals surface area (Å²) in [6.45, 7) is 10.6. The number of aliphatic carboxylic acids is 1. The second-order valence-corrected chi connectivity index (χ2v) is 7.21. The molecule has 1 aromatic carbocycles. The molecule has 2 rings (SSSR count). The highest BCUT2D eigenvalue weighted by molar-refractivity contribution is 5.88. The molecule has 1 amide bonds. The molecule has 7 heteroatoms. The van der Waals surface area contributed by atoms with Crippen LogP contribution in [-0.2, 0) is 16.0 Å². The van der Waals surface area contributed by atoms with E-state index < -0.39 is 17.7 Å². The number of carboxylic acid groups (broad SMARTS) is 1. The van der Waals surface area contributed by atoms with Gasteiger partial charge in [-0.3, -0.25) is 10.1 Å². The predicted octanol–water partition coefficient (Wildman–Crippen LogP) is 2.38. The molecule has 3 N–H and O–H groups in total. The molecule has 1 aliphatic rings. The summed E-state index contributed by atoms with van der Waals surface area (Å²) in [5.74, 6) is -0.899. The maximum Gasteiger partial charge on any atom is 0.412 e. The van der Waals surface area contributed by atoms with E-state index in [9.17, 15) is 14.7 Å². The van der Waals surface area contributed by atoms with Gasteiger partial charge < -0.3 is 20.1 Å². The quantitative estimate of drug-likeness (QED) is 0.773. The molecule has 0 spiro atoms. The van der Waals surface area contributed by atoms with Crippen molar-refractivity contribution < 1.29 is 19.4 Å². The fourth-order valence-electron chi connectivity index (χ4n) is 2.75. The second-order valence-electron chi connectivity index (χ2n) is 7.21. The van der Waals surface area contributed by atoms with Gasteiger partial charge in [-0.2, -0.15) is 0 Å². The highest BCUT2D eigenvalue weighted by Crippen LogP contribution is 2.28. The lowest BCUT2D eigenvalue weighted by molar-refractivity contribution is -0.136. The van der Waals surface area contributed by atoms with Crippen molar-refractivity contribution in [2.45, 2.75) is 39.7 Å². The standard InChI is InChI=1S/C18H27N3O4/c1-12-13(10-16(22)23)9-14(21-7-5-19-6-8-21)11-15(12)20-17(24)25-18(2,3)4/h9,11,19H,5-8,10H2,1-4H3,(H,20,24)(H,22,23). The van der Waals surface area contributed by atoms with Crippen molar-refractivity contribution in [2.75, 3.05) is 36.4 Å². The Morgan fingerprint density at radius 1 is 1.28 bits per heavy atom. The van der Waals surface area contributed by atoms with E-state index in [1.54, 1.807) is 20.8 Å². The number of ether oxygens (including phenoxy) is 1. The molecule has 138 valence electrons. The van der Waals surface area contributed by atoms with Gasteiger partial charge in [0.05, 0.1) is 6.42 Å². The minimum atomic E-state index is -0.899. The molecule has 25 heavy (non-hydrogen) atoms. The fourth-order valence-corrected chi connectivity index (χ4v) is 2.75. The van der Waals surface area contributed by atoms with Crippen LogP contribution in [0.15, 0.2) is 12.1 Å². The van der Waals surface area contributed by atoms with Crippen LogP contribution in [0, 0.1) is 6.92 Å². The molecule has 0 aliphatic carbocycles. The first-order valence-electron chi connectivity index (χ1n) is 8.47. The van der Waals surface area contributed by atoms with E-state index in [0.29, 0.717) is 11.3 Å². The molecule has 1 fully saturated rings. The van der Waals surface area contributed by atoms with Crippen molar-refractivity contribution in [1.82, 2.24) is 5.32 Å². The zero-order valence-corrected chi connectivity index (χ0v) is 15.3. The van der Waals surface area contributed by atoms with E-state index in [4.69, 9.17) is 4.74 Å². The first kappa shape index (κ1) is 19.1. The van der Waals surface area contributed by atoms with Gasteiger partial charge in [-0.05, 0) is 51.0 Å². The zero-order chi connectivity index (χ0) is 18.6. The Morgan fingerprint density at radius 2 is 1.92 bits per heavy atom. The molecule has 1 heterocycles. The number of anilines is 2. The monoisotopic (exact) mass is 349 g/mol. The van der Waals surface area contributed by atoms with Crippen molar-refractivity contribution in [3.63, 3.8) is 0 Å². The molecule has 1 aromatic rings. The normalized spacial score (nSPS) is 15.0. The number of carbonyl (C=O) groups excluding carboxylic acids is 1. The predicted molar refractivity (Wildman–Crippen MR) is 97.5 cm³/mol. The van der Waals surface area contributed by atoms with Crippen LogP contribution in [0.25, 0.3) is 0 Å². The lowest BCUT2D eigenvalue weighted by Crippen LogP contribution is -2.43. The first-order valence-corrected chi connectivity index (χ1v) is 8.47. The van der Waals surface area contributed by atoms with Gasteiger partial charge in [0.15, 0.2) is 0 Å². The van der Waals surface area contributed by atoms with E-state index in [1.165, 1.54) is 0 Å². The lowest BCUT2D eigenvalue weighted by atomic mass is 10.0.